The van der Waals surface area contributed by atoms with Gasteiger partial charge in [-0.15, -0.1) is 0 Å². The Bertz CT molecular complexity index is 967. The lowest BCUT2D eigenvalue weighted by Crippen LogP contribution is -2.40. The van der Waals surface area contributed by atoms with E-state index >= 15 is 0 Å². The molecular weight excluding hydrogens is 633 g/mol. The molecule has 0 bridgehead atoms. The summed E-state index contributed by atoms with van der Waals surface area (Å²) >= 11 is 0. The number of rotatable bonds is 20. The van der Waals surface area contributed by atoms with Crippen molar-refractivity contribution in [3.05, 3.63) is 0 Å². The molecule has 298 valence electrons. The van der Waals surface area contributed by atoms with Gasteiger partial charge in [-0.3, -0.25) is 0 Å². The summed E-state index contributed by atoms with van der Waals surface area (Å²) in [5.41, 5.74) is -0.157. The number of unbranched alkanes of at least 4 members (excludes halogenated alkanes) is 8. The van der Waals surface area contributed by atoms with Gasteiger partial charge < -0.3 is 10.2 Å². The summed E-state index contributed by atoms with van der Waals surface area (Å²) < 4.78 is 0. The van der Waals surface area contributed by atoms with Crippen molar-refractivity contribution in [3.8, 4) is 23.7 Å². The minimum absolute atomic E-state index is 0.0786. The van der Waals surface area contributed by atoms with E-state index in [9.17, 15) is 10.2 Å². The summed E-state index contributed by atoms with van der Waals surface area (Å²) in [4.78, 5) is 0. The maximum Gasteiger partial charge on any atom is 0.121 e. The van der Waals surface area contributed by atoms with Crippen LogP contribution in [0.1, 0.15) is 233 Å². The maximum atomic E-state index is 11.7. The zero-order valence-corrected chi connectivity index (χ0v) is 35.1. The van der Waals surface area contributed by atoms with Gasteiger partial charge in [-0.05, 0) is 137 Å². The quantitative estimate of drug-likeness (QED) is 0.0972. The van der Waals surface area contributed by atoms with Crippen LogP contribution in [0.5, 0.6) is 0 Å². The van der Waals surface area contributed by atoms with Crippen LogP contribution in [0.3, 0.4) is 0 Å². The van der Waals surface area contributed by atoms with Crippen LogP contribution in [0, 0.1) is 70.0 Å². The first kappa shape index (κ1) is 43.8. The Balaban J connectivity index is 1.31. The lowest BCUT2D eigenvalue weighted by molar-refractivity contribution is -0.00143. The predicted molar refractivity (Wildman–Crippen MR) is 224 cm³/mol. The van der Waals surface area contributed by atoms with Crippen molar-refractivity contribution >= 4 is 0 Å². The monoisotopic (exact) mass is 719 g/mol. The highest BCUT2D eigenvalue weighted by Crippen LogP contribution is 2.51. The third-order valence-corrected chi connectivity index (χ3v) is 15.8. The van der Waals surface area contributed by atoms with E-state index < -0.39 is 12.2 Å². The van der Waals surface area contributed by atoms with Crippen molar-refractivity contribution in [1.29, 1.82) is 0 Å². The lowest BCUT2D eigenvalue weighted by Gasteiger charge is -2.45. The molecule has 4 aliphatic carbocycles. The second-order valence-electron chi connectivity index (χ2n) is 19.2. The van der Waals surface area contributed by atoms with Gasteiger partial charge in [-0.2, -0.15) is 0 Å². The molecule has 4 saturated carbocycles. The van der Waals surface area contributed by atoms with E-state index in [0.717, 1.165) is 74.0 Å². The summed E-state index contributed by atoms with van der Waals surface area (Å²) in [5.74, 6) is 18.2. The molecule has 0 aromatic carbocycles. The topological polar surface area (TPSA) is 40.5 Å². The van der Waals surface area contributed by atoms with Gasteiger partial charge in [-0.1, -0.05) is 155 Å². The largest absolute Gasteiger partial charge is 0.380 e. The third kappa shape index (κ3) is 13.4. The Kier molecular flexibility index (Phi) is 20.1. The summed E-state index contributed by atoms with van der Waals surface area (Å²) in [5, 5.41) is 23.4. The first-order chi connectivity index (χ1) is 25.4. The third-order valence-electron chi connectivity index (χ3n) is 15.8. The fraction of sp³-hybridized carbons (Fsp3) is 0.920. The second-order valence-corrected chi connectivity index (χ2v) is 19.2. The molecule has 0 spiro atoms. The number of aliphatic hydroxyl groups is 2. The van der Waals surface area contributed by atoms with Crippen LogP contribution in [0.25, 0.3) is 0 Å². The van der Waals surface area contributed by atoms with Crippen molar-refractivity contribution in [2.45, 2.75) is 245 Å². The molecule has 2 unspecified atom stereocenters. The molecule has 0 aliphatic heterocycles. The van der Waals surface area contributed by atoms with E-state index in [0.29, 0.717) is 0 Å². The molecular formula is C50H86O2. The van der Waals surface area contributed by atoms with Crippen molar-refractivity contribution in [1.82, 2.24) is 0 Å². The van der Waals surface area contributed by atoms with Crippen LogP contribution >= 0.6 is 0 Å². The van der Waals surface area contributed by atoms with Crippen LogP contribution < -0.4 is 0 Å². The molecule has 52 heavy (non-hydrogen) atoms. The summed E-state index contributed by atoms with van der Waals surface area (Å²) in [6, 6.07) is 0. The van der Waals surface area contributed by atoms with Gasteiger partial charge in [0.25, 0.3) is 0 Å². The first-order valence-corrected chi connectivity index (χ1v) is 23.8. The highest BCUT2D eigenvalue weighted by Gasteiger charge is 2.43. The average Bonchev–Trinajstić information content (AvgIpc) is 3.18. The molecule has 2 heteroatoms. The minimum atomic E-state index is -0.610. The summed E-state index contributed by atoms with van der Waals surface area (Å²) in [7, 11) is 0. The molecule has 2 nitrogen and oxygen atoms in total. The van der Waals surface area contributed by atoms with Gasteiger partial charge in [0.15, 0.2) is 0 Å². The van der Waals surface area contributed by atoms with Crippen LogP contribution in [0.2, 0.25) is 0 Å². The van der Waals surface area contributed by atoms with E-state index in [1.54, 1.807) is 0 Å². The smallest absolute Gasteiger partial charge is 0.121 e. The van der Waals surface area contributed by atoms with Gasteiger partial charge in [0.05, 0.1) is 0 Å². The van der Waals surface area contributed by atoms with Crippen molar-refractivity contribution < 1.29 is 10.2 Å². The molecule has 4 fully saturated rings. The Morgan fingerprint density at radius 2 is 0.731 bits per heavy atom. The van der Waals surface area contributed by atoms with Gasteiger partial charge in [0.1, 0.15) is 12.2 Å². The highest BCUT2D eigenvalue weighted by atomic mass is 16.3. The van der Waals surface area contributed by atoms with E-state index in [2.05, 4.69) is 51.4 Å². The SMILES string of the molecule is CCCCCC1CCC(C2CCC(CCCCC)(C(O)C#CC#CC(O)C3(CCCCC)CCC(C4CCC(CCCCC)CC4)CC3)CC2)CC1. The molecule has 0 aromatic heterocycles. The van der Waals surface area contributed by atoms with Crippen LogP contribution in [0.4, 0.5) is 0 Å². The molecule has 0 aromatic rings. The average molecular weight is 719 g/mol. The minimum Gasteiger partial charge on any atom is -0.380 e. The predicted octanol–water partition coefficient (Wildman–Crippen LogP) is 14.0. The molecule has 0 radical (unpaired) electrons. The van der Waals surface area contributed by atoms with Gasteiger partial charge in [-0.25, -0.2) is 0 Å². The molecule has 2 atom stereocenters. The van der Waals surface area contributed by atoms with Crippen molar-refractivity contribution in [2.24, 2.45) is 46.3 Å². The second kappa shape index (κ2) is 23.8. The van der Waals surface area contributed by atoms with E-state index in [-0.39, 0.29) is 10.8 Å². The summed E-state index contributed by atoms with van der Waals surface area (Å²) in [6.45, 7) is 9.19. The molecule has 4 rings (SSSR count). The van der Waals surface area contributed by atoms with E-state index in [1.807, 2.05) is 0 Å². The Labute approximate surface area is 324 Å². The van der Waals surface area contributed by atoms with Crippen LogP contribution in [-0.2, 0) is 0 Å². The fourth-order valence-electron chi connectivity index (χ4n) is 11.9. The van der Waals surface area contributed by atoms with Crippen molar-refractivity contribution in [2.75, 3.05) is 0 Å². The molecule has 0 amide bonds. The van der Waals surface area contributed by atoms with Crippen LogP contribution in [-0.4, -0.2) is 22.4 Å². The van der Waals surface area contributed by atoms with E-state index in [4.69, 9.17) is 0 Å². The van der Waals surface area contributed by atoms with Gasteiger partial charge in [0, 0.05) is 10.8 Å². The van der Waals surface area contributed by atoms with Gasteiger partial charge in [0.2, 0.25) is 0 Å². The first-order valence-electron chi connectivity index (χ1n) is 23.8. The number of hydrogen-bond donors (Lipinski definition) is 2. The fourth-order valence-corrected chi connectivity index (χ4v) is 11.9. The van der Waals surface area contributed by atoms with E-state index in [1.165, 1.54) is 167 Å². The normalized spacial score (nSPS) is 33.7. The number of hydrogen-bond acceptors (Lipinski definition) is 2. The lowest BCUT2D eigenvalue weighted by atomic mass is 9.61. The van der Waals surface area contributed by atoms with Crippen LogP contribution in [0.15, 0.2) is 0 Å². The Morgan fingerprint density at radius 3 is 1.06 bits per heavy atom. The summed E-state index contributed by atoms with van der Waals surface area (Å²) in [6.07, 6.45) is 40.6. The molecule has 0 saturated heterocycles. The van der Waals surface area contributed by atoms with Crippen molar-refractivity contribution in [3.63, 3.8) is 0 Å². The number of aliphatic hydroxyl groups excluding tert-OH is 2. The highest BCUT2D eigenvalue weighted by molar-refractivity contribution is 5.30. The molecule has 2 N–H and O–H groups in total. The van der Waals surface area contributed by atoms with Gasteiger partial charge >= 0.3 is 0 Å². The standard InChI is InChI=1S/C50H86O2/c1-5-9-13-19-41-23-27-43(28-24-41)45-31-37-49(38-32-45,35-17-11-7-3)47(51)21-15-16-22-48(52)50(36-18-12-8-4)39-33-46(34-40-50)44-29-25-42(26-30-44)20-14-10-6-2/h41-48,51-52H,5-14,17-20,23-40H2,1-4H3. The maximum absolute atomic E-state index is 11.7. The molecule has 4 aliphatic rings. The Hall–Kier alpha value is -0.960. The Morgan fingerprint density at radius 1 is 0.423 bits per heavy atom. The molecule has 0 heterocycles. The zero-order valence-electron chi connectivity index (χ0n) is 35.1. The zero-order chi connectivity index (χ0) is 37.1.